The Bertz CT molecular complexity index is 1000. The third kappa shape index (κ3) is 5.75. The molecule has 2 aromatic rings. The van der Waals surface area contributed by atoms with Gasteiger partial charge in [-0.05, 0) is 30.5 Å². The van der Waals surface area contributed by atoms with Crippen LogP contribution >= 0.6 is 0 Å². The summed E-state index contributed by atoms with van der Waals surface area (Å²) in [5.74, 6) is -0.866. The number of hydrogen-bond acceptors (Lipinski definition) is 6. The zero-order valence-corrected chi connectivity index (χ0v) is 16.4. The molecule has 0 spiro atoms. The summed E-state index contributed by atoms with van der Waals surface area (Å²) in [6, 6.07) is 11.7. The van der Waals surface area contributed by atoms with Crippen LogP contribution in [0.2, 0.25) is 0 Å². The quantitative estimate of drug-likeness (QED) is 0.500. The third-order valence-corrected chi connectivity index (χ3v) is 5.67. The molecule has 1 saturated heterocycles. The maximum absolute atomic E-state index is 12.6. The van der Waals surface area contributed by atoms with E-state index >= 15 is 0 Å². The van der Waals surface area contributed by atoms with Crippen molar-refractivity contribution in [3.05, 3.63) is 69.8 Å². The van der Waals surface area contributed by atoms with E-state index in [1.807, 2.05) is 0 Å². The van der Waals surface area contributed by atoms with Crippen molar-refractivity contribution in [1.82, 2.24) is 5.32 Å². The molecule has 2 aromatic carbocycles. The SMILES string of the molecule is O=C(NC[C@@H]1CCCO1)c1ccccc1NS(=O)(=O)Cc1cccc([N+](=O)[O-])c1. The van der Waals surface area contributed by atoms with Crippen molar-refractivity contribution < 1.29 is 22.9 Å². The molecule has 3 rings (SSSR count). The molecule has 0 bridgehead atoms. The van der Waals surface area contributed by atoms with E-state index < -0.39 is 26.6 Å². The molecule has 1 heterocycles. The molecule has 10 heteroatoms. The molecule has 1 amide bonds. The maximum atomic E-state index is 12.6. The standard InChI is InChI=1S/C19H21N3O6S/c23-19(20-12-16-7-4-10-28-16)17-8-1-2-9-18(17)21-29(26,27)13-14-5-3-6-15(11-14)22(24)25/h1-3,5-6,8-9,11,16,21H,4,7,10,12-13H2,(H,20,23)/t16-/m0/s1. The van der Waals surface area contributed by atoms with Crippen LogP contribution < -0.4 is 10.0 Å². The van der Waals surface area contributed by atoms with E-state index in [0.717, 1.165) is 12.8 Å². The molecule has 1 aliphatic heterocycles. The molecule has 1 atom stereocenters. The van der Waals surface area contributed by atoms with Gasteiger partial charge in [-0.2, -0.15) is 0 Å². The summed E-state index contributed by atoms with van der Waals surface area (Å²) in [7, 11) is -3.89. The van der Waals surface area contributed by atoms with Gasteiger partial charge in [0.1, 0.15) is 0 Å². The van der Waals surface area contributed by atoms with Crippen molar-refractivity contribution in [2.45, 2.75) is 24.7 Å². The van der Waals surface area contributed by atoms with Crippen LogP contribution in [0.4, 0.5) is 11.4 Å². The Morgan fingerprint density at radius 1 is 1.21 bits per heavy atom. The minimum atomic E-state index is -3.89. The molecule has 2 N–H and O–H groups in total. The summed E-state index contributed by atoms with van der Waals surface area (Å²) >= 11 is 0. The first-order valence-corrected chi connectivity index (χ1v) is 10.7. The molecule has 0 radical (unpaired) electrons. The first-order chi connectivity index (χ1) is 13.8. The van der Waals surface area contributed by atoms with Crippen molar-refractivity contribution in [2.24, 2.45) is 0 Å². The van der Waals surface area contributed by atoms with Crippen molar-refractivity contribution in [1.29, 1.82) is 0 Å². The molecule has 0 unspecified atom stereocenters. The molecule has 1 fully saturated rings. The lowest BCUT2D eigenvalue weighted by Crippen LogP contribution is -2.32. The summed E-state index contributed by atoms with van der Waals surface area (Å²) in [5, 5.41) is 13.6. The van der Waals surface area contributed by atoms with E-state index in [-0.39, 0.29) is 28.6 Å². The highest BCUT2D eigenvalue weighted by molar-refractivity contribution is 7.91. The molecule has 0 aromatic heterocycles. The number of nitrogens with zero attached hydrogens (tertiary/aromatic N) is 1. The lowest BCUT2D eigenvalue weighted by Gasteiger charge is -2.14. The highest BCUT2D eigenvalue weighted by Gasteiger charge is 2.20. The number of amides is 1. The van der Waals surface area contributed by atoms with Gasteiger partial charge < -0.3 is 10.1 Å². The number of nitro groups is 1. The molecule has 0 aliphatic carbocycles. The second-order valence-corrected chi connectivity index (χ2v) is 8.40. The van der Waals surface area contributed by atoms with E-state index in [0.29, 0.717) is 13.2 Å². The Morgan fingerprint density at radius 3 is 2.72 bits per heavy atom. The van der Waals surface area contributed by atoms with Crippen molar-refractivity contribution >= 4 is 27.3 Å². The van der Waals surface area contributed by atoms with Gasteiger partial charge in [0.15, 0.2) is 0 Å². The van der Waals surface area contributed by atoms with E-state index in [1.165, 1.54) is 36.4 Å². The fourth-order valence-electron chi connectivity index (χ4n) is 3.06. The maximum Gasteiger partial charge on any atom is 0.269 e. The summed E-state index contributed by atoms with van der Waals surface area (Å²) in [5.41, 5.74) is 0.412. The van der Waals surface area contributed by atoms with Gasteiger partial charge >= 0.3 is 0 Å². The molecule has 29 heavy (non-hydrogen) atoms. The number of ether oxygens (including phenoxy) is 1. The van der Waals surface area contributed by atoms with E-state index in [1.54, 1.807) is 12.1 Å². The Labute approximate surface area is 168 Å². The Balaban J connectivity index is 1.71. The second kappa shape index (κ2) is 9.01. The van der Waals surface area contributed by atoms with Crippen LogP contribution in [0.1, 0.15) is 28.8 Å². The van der Waals surface area contributed by atoms with Crippen LogP contribution in [0.25, 0.3) is 0 Å². The molecule has 1 aliphatic rings. The number of para-hydroxylation sites is 1. The number of anilines is 1. The number of nitrogens with one attached hydrogen (secondary N) is 2. The largest absolute Gasteiger partial charge is 0.376 e. The highest BCUT2D eigenvalue weighted by atomic mass is 32.2. The third-order valence-electron chi connectivity index (χ3n) is 4.43. The summed E-state index contributed by atoms with van der Waals surface area (Å²) in [6.07, 6.45) is 1.79. The van der Waals surface area contributed by atoms with Crippen LogP contribution in [0, 0.1) is 10.1 Å². The summed E-state index contributed by atoms with van der Waals surface area (Å²) < 4.78 is 33.0. The fraction of sp³-hybridized carbons (Fsp3) is 0.316. The van der Waals surface area contributed by atoms with Gasteiger partial charge in [-0.3, -0.25) is 19.6 Å². The number of hydrogen-bond donors (Lipinski definition) is 2. The molecule has 0 saturated carbocycles. The van der Waals surface area contributed by atoms with E-state index in [9.17, 15) is 23.3 Å². The number of carbonyl (C=O) groups excluding carboxylic acids is 1. The number of sulfonamides is 1. The first kappa shape index (κ1) is 20.7. The minimum absolute atomic E-state index is 0.0309. The van der Waals surface area contributed by atoms with Crippen LogP contribution in [0.5, 0.6) is 0 Å². The number of non-ortho nitro benzene ring substituents is 1. The topological polar surface area (TPSA) is 128 Å². The van der Waals surface area contributed by atoms with Crippen LogP contribution in [0.3, 0.4) is 0 Å². The number of nitro benzene ring substituents is 1. The highest BCUT2D eigenvalue weighted by Crippen LogP contribution is 2.20. The van der Waals surface area contributed by atoms with Gasteiger partial charge in [-0.1, -0.05) is 24.3 Å². The normalized spacial score (nSPS) is 16.3. The predicted molar refractivity (Wildman–Crippen MR) is 107 cm³/mol. The zero-order valence-electron chi connectivity index (χ0n) is 15.5. The molecular formula is C19H21N3O6S. The van der Waals surface area contributed by atoms with Gasteiger partial charge in [0.2, 0.25) is 10.0 Å². The number of benzene rings is 2. The van der Waals surface area contributed by atoms with Gasteiger partial charge in [0, 0.05) is 25.3 Å². The Kier molecular flexibility index (Phi) is 6.45. The van der Waals surface area contributed by atoms with Crippen LogP contribution in [-0.2, 0) is 20.5 Å². The average Bonchev–Trinajstić information content (AvgIpc) is 3.19. The van der Waals surface area contributed by atoms with E-state index in [4.69, 9.17) is 4.74 Å². The summed E-state index contributed by atoms with van der Waals surface area (Å²) in [4.78, 5) is 22.8. The lowest BCUT2D eigenvalue weighted by atomic mass is 10.1. The van der Waals surface area contributed by atoms with Crippen LogP contribution in [-0.4, -0.2) is 38.5 Å². The zero-order chi connectivity index (χ0) is 20.9. The van der Waals surface area contributed by atoms with Gasteiger partial charge in [0.05, 0.1) is 28.0 Å². The van der Waals surface area contributed by atoms with Gasteiger partial charge in [0.25, 0.3) is 11.6 Å². The Morgan fingerprint density at radius 2 is 2.00 bits per heavy atom. The molecular weight excluding hydrogens is 398 g/mol. The number of rotatable bonds is 8. The Hall–Kier alpha value is -2.98. The van der Waals surface area contributed by atoms with E-state index in [2.05, 4.69) is 10.0 Å². The molecule has 154 valence electrons. The summed E-state index contributed by atoms with van der Waals surface area (Å²) in [6.45, 7) is 1.03. The fourth-order valence-corrected chi connectivity index (χ4v) is 4.26. The number of carbonyl (C=O) groups is 1. The van der Waals surface area contributed by atoms with Crippen molar-refractivity contribution in [3.8, 4) is 0 Å². The van der Waals surface area contributed by atoms with Crippen molar-refractivity contribution in [3.63, 3.8) is 0 Å². The lowest BCUT2D eigenvalue weighted by molar-refractivity contribution is -0.384. The smallest absolute Gasteiger partial charge is 0.269 e. The van der Waals surface area contributed by atoms with Gasteiger partial charge in [-0.15, -0.1) is 0 Å². The minimum Gasteiger partial charge on any atom is -0.376 e. The predicted octanol–water partition coefficient (Wildman–Crippen LogP) is 2.45. The van der Waals surface area contributed by atoms with Gasteiger partial charge in [-0.25, -0.2) is 8.42 Å². The monoisotopic (exact) mass is 419 g/mol. The van der Waals surface area contributed by atoms with Crippen LogP contribution in [0.15, 0.2) is 48.5 Å². The second-order valence-electron chi connectivity index (χ2n) is 6.68. The average molecular weight is 419 g/mol. The molecule has 9 nitrogen and oxygen atoms in total. The van der Waals surface area contributed by atoms with Crippen molar-refractivity contribution in [2.75, 3.05) is 17.9 Å². The first-order valence-electron chi connectivity index (χ1n) is 9.07.